The van der Waals surface area contributed by atoms with Crippen LogP contribution in [0.5, 0.6) is 5.75 Å². The Labute approximate surface area is 187 Å². The maximum atomic E-state index is 12.9. The van der Waals surface area contributed by atoms with Crippen LogP contribution in [0, 0.1) is 5.92 Å². The molecule has 0 saturated carbocycles. The molecule has 0 aromatic heterocycles. The van der Waals surface area contributed by atoms with Gasteiger partial charge in [-0.05, 0) is 42.7 Å². The Bertz CT molecular complexity index is 979. The Morgan fingerprint density at radius 3 is 2.42 bits per heavy atom. The van der Waals surface area contributed by atoms with E-state index in [-0.39, 0.29) is 30.3 Å². The number of rotatable bonds is 6. The summed E-state index contributed by atoms with van der Waals surface area (Å²) in [5.41, 5.74) is -0.234. The summed E-state index contributed by atoms with van der Waals surface area (Å²) in [5, 5.41) is 0. The number of hydrogen-bond acceptors (Lipinski definition) is 3. The second-order valence-electron chi connectivity index (χ2n) is 7.85. The van der Waals surface area contributed by atoms with Crippen molar-refractivity contribution in [2.45, 2.75) is 32.2 Å². The summed E-state index contributed by atoms with van der Waals surface area (Å²) < 4.78 is 67.9. The van der Waals surface area contributed by atoms with Crippen molar-refractivity contribution in [3.05, 3.63) is 65.2 Å². The molecule has 0 radical (unpaired) electrons. The van der Waals surface area contributed by atoms with Gasteiger partial charge in [-0.2, -0.15) is 22.0 Å². The average molecular weight is 470 g/mol. The van der Waals surface area contributed by atoms with Gasteiger partial charge in [0.25, 0.3) is 5.91 Å². The number of benzene rings is 2. The van der Waals surface area contributed by atoms with Gasteiger partial charge in [-0.1, -0.05) is 24.3 Å². The standard InChI is InChI=1S/C23H23F5N2O3/c1-29(13-15-8-10-17(11-9-15)23(26,27)28)20(31)16-5-4-12-30(14-16)21(32)18-6-2-3-7-19(18)33-22(24)25/h2-3,6-11,16,22H,4-5,12-14H2,1H3. The molecule has 1 fully saturated rings. The number of para-hydroxylation sites is 1. The van der Waals surface area contributed by atoms with Crippen LogP contribution >= 0.6 is 0 Å². The van der Waals surface area contributed by atoms with Crippen LogP contribution in [0.1, 0.15) is 34.3 Å². The monoisotopic (exact) mass is 470 g/mol. The van der Waals surface area contributed by atoms with E-state index in [0.717, 1.165) is 12.1 Å². The van der Waals surface area contributed by atoms with E-state index in [1.165, 1.54) is 46.2 Å². The first-order chi connectivity index (χ1) is 15.6. The van der Waals surface area contributed by atoms with E-state index in [4.69, 9.17) is 0 Å². The number of halogens is 5. The van der Waals surface area contributed by atoms with Crippen molar-refractivity contribution in [2.24, 2.45) is 5.92 Å². The van der Waals surface area contributed by atoms with Gasteiger partial charge in [0.1, 0.15) is 5.75 Å². The predicted molar refractivity (Wildman–Crippen MR) is 110 cm³/mol. The molecular weight excluding hydrogens is 447 g/mol. The van der Waals surface area contributed by atoms with E-state index < -0.39 is 30.2 Å². The molecule has 2 aromatic rings. The van der Waals surface area contributed by atoms with Gasteiger partial charge < -0.3 is 14.5 Å². The number of carbonyl (C=O) groups excluding carboxylic acids is 2. The summed E-state index contributed by atoms with van der Waals surface area (Å²) in [6.07, 6.45) is -3.35. The summed E-state index contributed by atoms with van der Waals surface area (Å²) in [6.45, 7) is -2.48. The van der Waals surface area contributed by atoms with Crippen molar-refractivity contribution >= 4 is 11.8 Å². The van der Waals surface area contributed by atoms with Crippen molar-refractivity contribution in [1.29, 1.82) is 0 Å². The fraction of sp³-hybridized carbons (Fsp3) is 0.391. The van der Waals surface area contributed by atoms with E-state index in [9.17, 15) is 31.5 Å². The van der Waals surface area contributed by atoms with E-state index in [2.05, 4.69) is 4.74 Å². The molecule has 178 valence electrons. The average Bonchev–Trinajstić information content (AvgIpc) is 2.78. The molecule has 10 heteroatoms. The molecule has 1 saturated heterocycles. The smallest absolute Gasteiger partial charge is 0.416 e. The number of amides is 2. The van der Waals surface area contributed by atoms with Crippen LogP contribution < -0.4 is 4.74 Å². The zero-order valence-corrected chi connectivity index (χ0v) is 17.8. The van der Waals surface area contributed by atoms with Gasteiger partial charge in [-0.25, -0.2) is 0 Å². The van der Waals surface area contributed by atoms with Crippen LogP contribution in [0.4, 0.5) is 22.0 Å². The Kier molecular flexibility index (Phi) is 7.55. The van der Waals surface area contributed by atoms with Crippen LogP contribution in [0.2, 0.25) is 0 Å². The summed E-state index contributed by atoms with van der Waals surface area (Å²) in [5.74, 6) is -1.49. The molecule has 0 aliphatic carbocycles. The van der Waals surface area contributed by atoms with Gasteiger partial charge in [0.2, 0.25) is 5.91 Å². The molecule has 2 aromatic carbocycles. The predicted octanol–water partition coefficient (Wildman–Crippen LogP) is 4.82. The van der Waals surface area contributed by atoms with Crippen LogP contribution in [0.3, 0.4) is 0 Å². The molecule has 1 aliphatic heterocycles. The maximum absolute atomic E-state index is 12.9. The Morgan fingerprint density at radius 2 is 1.79 bits per heavy atom. The molecule has 3 rings (SSSR count). The molecule has 1 aliphatic rings. The van der Waals surface area contributed by atoms with E-state index in [1.807, 2.05) is 0 Å². The zero-order chi connectivity index (χ0) is 24.2. The van der Waals surface area contributed by atoms with Crippen LogP contribution in [0.15, 0.2) is 48.5 Å². The normalized spacial score (nSPS) is 16.6. The van der Waals surface area contributed by atoms with Crippen molar-refractivity contribution < 1.29 is 36.3 Å². The SMILES string of the molecule is CN(Cc1ccc(C(F)(F)F)cc1)C(=O)C1CCCN(C(=O)c2ccccc2OC(F)F)C1. The highest BCUT2D eigenvalue weighted by Crippen LogP contribution is 2.29. The first-order valence-corrected chi connectivity index (χ1v) is 10.3. The highest BCUT2D eigenvalue weighted by Gasteiger charge is 2.32. The molecule has 0 N–H and O–H groups in total. The van der Waals surface area contributed by atoms with E-state index in [0.29, 0.717) is 24.9 Å². The highest BCUT2D eigenvalue weighted by atomic mass is 19.4. The summed E-state index contributed by atoms with van der Waals surface area (Å²) in [6, 6.07) is 10.3. The number of alkyl halides is 5. The molecule has 1 heterocycles. The lowest BCUT2D eigenvalue weighted by Crippen LogP contribution is -2.45. The number of ether oxygens (including phenoxy) is 1. The van der Waals surface area contributed by atoms with Gasteiger partial charge in [-0.3, -0.25) is 9.59 Å². The van der Waals surface area contributed by atoms with Crippen LogP contribution in [-0.4, -0.2) is 48.4 Å². The van der Waals surface area contributed by atoms with Crippen LogP contribution in [0.25, 0.3) is 0 Å². The van der Waals surface area contributed by atoms with Gasteiger partial charge in [0.05, 0.1) is 17.0 Å². The minimum absolute atomic E-state index is 0.0102. The lowest BCUT2D eigenvalue weighted by Gasteiger charge is -2.34. The molecule has 5 nitrogen and oxygen atoms in total. The van der Waals surface area contributed by atoms with Crippen molar-refractivity contribution in [3.8, 4) is 5.75 Å². The number of hydrogen-bond donors (Lipinski definition) is 0. The van der Waals surface area contributed by atoms with Crippen molar-refractivity contribution in [3.63, 3.8) is 0 Å². The Balaban J connectivity index is 1.65. The van der Waals surface area contributed by atoms with Gasteiger partial charge in [0, 0.05) is 26.7 Å². The molecule has 33 heavy (non-hydrogen) atoms. The first-order valence-electron chi connectivity index (χ1n) is 10.3. The molecule has 2 amide bonds. The lowest BCUT2D eigenvalue weighted by molar-refractivity contribution is -0.138. The summed E-state index contributed by atoms with van der Waals surface area (Å²) in [7, 11) is 1.55. The number of carbonyl (C=O) groups is 2. The quantitative estimate of drug-likeness (QED) is 0.569. The largest absolute Gasteiger partial charge is 0.434 e. The van der Waals surface area contributed by atoms with Gasteiger partial charge in [-0.15, -0.1) is 0 Å². The third kappa shape index (κ3) is 6.21. The topological polar surface area (TPSA) is 49.9 Å². The molecule has 1 unspecified atom stereocenters. The van der Waals surface area contributed by atoms with Gasteiger partial charge >= 0.3 is 12.8 Å². The van der Waals surface area contributed by atoms with Crippen molar-refractivity contribution in [1.82, 2.24) is 9.80 Å². The maximum Gasteiger partial charge on any atom is 0.416 e. The summed E-state index contributed by atoms with van der Waals surface area (Å²) >= 11 is 0. The first kappa shape index (κ1) is 24.5. The minimum Gasteiger partial charge on any atom is -0.434 e. The fourth-order valence-corrected chi connectivity index (χ4v) is 3.84. The second-order valence-corrected chi connectivity index (χ2v) is 7.85. The lowest BCUT2D eigenvalue weighted by atomic mass is 9.95. The van der Waals surface area contributed by atoms with Crippen molar-refractivity contribution in [2.75, 3.05) is 20.1 Å². The molecule has 1 atom stereocenters. The molecule has 0 spiro atoms. The summed E-state index contributed by atoms with van der Waals surface area (Å²) in [4.78, 5) is 28.7. The second kappa shape index (κ2) is 10.2. The third-order valence-electron chi connectivity index (χ3n) is 5.47. The van der Waals surface area contributed by atoms with E-state index in [1.54, 1.807) is 7.05 Å². The number of likely N-dealkylation sites (tertiary alicyclic amines) is 1. The number of nitrogens with zero attached hydrogens (tertiary/aromatic N) is 2. The number of piperidine rings is 1. The van der Waals surface area contributed by atoms with E-state index >= 15 is 0 Å². The third-order valence-corrected chi connectivity index (χ3v) is 5.47. The van der Waals surface area contributed by atoms with Crippen LogP contribution in [-0.2, 0) is 17.5 Å². The fourth-order valence-electron chi connectivity index (χ4n) is 3.84. The minimum atomic E-state index is -4.43. The molecule has 0 bridgehead atoms. The molecular formula is C23H23F5N2O3. The Hall–Kier alpha value is -3.17. The Morgan fingerprint density at radius 1 is 1.12 bits per heavy atom. The zero-order valence-electron chi connectivity index (χ0n) is 17.8. The highest BCUT2D eigenvalue weighted by molar-refractivity contribution is 5.97. The van der Waals surface area contributed by atoms with Gasteiger partial charge in [0.15, 0.2) is 0 Å².